The fourth-order valence-corrected chi connectivity index (χ4v) is 3.09. The van der Waals surface area contributed by atoms with E-state index < -0.39 is 10.0 Å². The second-order valence-corrected chi connectivity index (χ2v) is 7.26. The summed E-state index contributed by atoms with van der Waals surface area (Å²) < 4.78 is 22.3. The number of hydrogen-bond donors (Lipinski definition) is 4. The molecule has 0 amide bonds. The molecule has 0 aliphatic carbocycles. The van der Waals surface area contributed by atoms with Crippen LogP contribution in [0.3, 0.4) is 0 Å². The van der Waals surface area contributed by atoms with Crippen LogP contribution in [0.5, 0.6) is 0 Å². The highest BCUT2D eigenvalue weighted by Crippen LogP contribution is 2.12. The zero-order valence-electron chi connectivity index (χ0n) is 12.8. The lowest BCUT2D eigenvalue weighted by molar-refractivity contribution is 0.526. The van der Waals surface area contributed by atoms with Crippen LogP contribution in [-0.4, -0.2) is 40.6 Å². The predicted molar refractivity (Wildman–Crippen MR) is 89.4 cm³/mol. The van der Waals surface area contributed by atoms with Crippen molar-refractivity contribution in [1.82, 2.24) is 10.6 Å². The van der Waals surface area contributed by atoms with Gasteiger partial charge in [0.15, 0.2) is 0 Å². The minimum atomic E-state index is -3.60. The molecule has 124 valence electrons. The standard InChI is InChI=1S/C15H26N4O2S/c16-22(20,21)15-7-5-13(6-8-15)18-10-2-1-9-17-12-14-4-3-11-19-14/h5-8,14,17-19H,1-4,9-12H2,(H2,16,20,21)/t14-/m1/s1. The minimum Gasteiger partial charge on any atom is -0.385 e. The Labute approximate surface area is 132 Å². The number of benzene rings is 1. The highest BCUT2D eigenvalue weighted by molar-refractivity contribution is 7.89. The van der Waals surface area contributed by atoms with Crippen molar-refractivity contribution in [3.05, 3.63) is 24.3 Å². The molecule has 0 aromatic heterocycles. The second kappa shape index (κ2) is 8.47. The van der Waals surface area contributed by atoms with Gasteiger partial charge in [-0.25, -0.2) is 13.6 Å². The van der Waals surface area contributed by atoms with Crippen LogP contribution in [-0.2, 0) is 10.0 Å². The van der Waals surface area contributed by atoms with Crippen molar-refractivity contribution in [2.24, 2.45) is 5.14 Å². The zero-order valence-corrected chi connectivity index (χ0v) is 13.7. The summed E-state index contributed by atoms with van der Waals surface area (Å²) in [5.74, 6) is 0. The van der Waals surface area contributed by atoms with Crippen LogP contribution in [0.25, 0.3) is 0 Å². The summed E-state index contributed by atoms with van der Waals surface area (Å²) in [5.41, 5.74) is 0.913. The van der Waals surface area contributed by atoms with Crippen LogP contribution in [0.2, 0.25) is 0 Å². The molecule has 1 atom stereocenters. The van der Waals surface area contributed by atoms with Crippen LogP contribution in [0.1, 0.15) is 25.7 Å². The summed E-state index contributed by atoms with van der Waals surface area (Å²) >= 11 is 0. The summed E-state index contributed by atoms with van der Waals surface area (Å²) in [5, 5.41) is 15.3. The molecule has 0 bridgehead atoms. The summed E-state index contributed by atoms with van der Waals surface area (Å²) in [7, 11) is -3.60. The van der Waals surface area contributed by atoms with E-state index in [1.54, 1.807) is 12.1 Å². The molecule has 22 heavy (non-hydrogen) atoms. The molecule has 6 nitrogen and oxygen atoms in total. The maximum atomic E-state index is 11.1. The van der Waals surface area contributed by atoms with Gasteiger partial charge in [0.25, 0.3) is 0 Å². The van der Waals surface area contributed by atoms with Crippen LogP contribution in [0.15, 0.2) is 29.2 Å². The molecule has 1 heterocycles. The molecule has 0 saturated carbocycles. The third-order valence-corrected chi connectivity index (χ3v) is 4.77. The number of unbranched alkanes of at least 4 members (excludes halogenated alkanes) is 1. The van der Waals surface area contributed by atoms with Crippen molar-refractivity contribution in [1.29, 1.82) is 0 Å². The normalized spacial score (nSPS) is 18.5. The molecule has 1 aliphatic heterocycles. The SMILES string of the molecule is NS(=O)(=O)c1ccc(NCCCCNC[C@H]2CCCN2)cc1. The molecule has 2 rings (SSSR count). The largest absolute Gasteiger partial charge is 0.385 e. The van der Waals surface area contributed by atoms with Gasteiger partial charge in [0.1, 0.15) is 0 Å². The van der Waals surface area contributed by atoms with Crippen molar-refractivity contribution in [2.45, 2.75) is 36.6 Å². The van der Waals surface area contributed by atoms with Gasteiger partial charge in [0.05, 0.1) is 4.90 Å². The molecule has 1 saturated heterocycles. The number of hydrogen-bond acceptors (Lipinski definition) is 5. The molecular weight excluding hydrogens is 300 g/mol. The summed E-state index contributed by atoms with van der Waals surface area (Å²) in [4.78, 5) is 0.141. The molecular formula is C15H26N4O2S. The molecule has 0 spiro atoms. The maximum absolute atomic E-state index is 11.1. The fraction of sp³-hybridized carbons (Fsp3) is 0.600. The number of sulfonamides is 1. The summed E-state index contributed by atoms with van der Waals surface area (Å²) in [6, 6.07) is 7.17. The van der Waals surface area contributed by atoms with E-state index in [1.807, 2.05) is 0 Å². The van der Waals surface area contributed by atoms with Gasteiger partial charge in [-0.1, -0.05) is 0 Å². The van der Waals surface area contributed by atoms with Crippen molar-refractivity contribution in [3.63, 3.8) is 0 Å². The van der Waals surface area contributed by atoms with Crippen molar-refractivity contribution < 1.29 is 8.42 Å². The lowest BCUT2D eigenvalue weighted by atomic mass is 10.2. The van der Waals surface area contributed by atoms with Gasteiger partial charge in [0, 0.05) is 24.8 Å². The number of primary sulfonamides is 1. The van der Waals surface area contributed by atoms with Gasteiger partial charge < -0.3 is 16.0 Å². The Morgan fingerprint density at radius 1 is 1.18 bits per heavy atom. The van der Waals surface area contributed by atoms with E-state index in [1.165, 1.54) is 25.0 Å². The third kappa shape index (κ3) is 5.92. The van der Waals surface area contributed by atoms with Gasteiger partial charge in [0.2, 0.25) is 10.0 Å². The molecule has 1 aliphatic rings. The molecule has 1 aromatic rings. The first-order valence-corrected chi connectivity index (χ1v) is 9.41. The average molecular weight is 326 g/mol. The Bertz CT molecular complexity index is 539. The fourth-order valence-electron chi connectivity index (χ4n) is 2.58. The maximum Gasteiger partial charge on any atom is 0.238 e. The number of nitrogens with one attached hydrogen (secondary N) is 3. The van der Waals surface area contributed by atoms with Crippen molar-refractivity contribution >= 4 is 15.7 Å². The van der Waals surface area contributed by atoms with Gasteiger partial charge in [-0.2, -0.15) is 0 Å². The highest BCUT2D eigenvalue weighted by atomic mass is 32.2. The Kier molecular flexibility index (Phi) is 6.63. The second-order valence-electron chi connectivity index (χ2n) is 5.70. The number of anilines is 1. The first-order valence-electron chi connectivity index (χ1n) is 7.86. The predicted octanol–water partition coefficient (Wildman–Crippen LogP) is 0.868. The molecule has 1 fully saturated rings. The summed E-state index contributed by atoms with van der Waals surface area (Å²) in [6.45, 7) is 4.12. The quantitative estimate of drug-likeness (QED) is 0.505. The van der Waals surface area contributed by atoms with E-state index >= 15 is 0 Å². The van der Waals surface area contributed by atoms with E-state index in [-0.39, 0.29) is 4.90 Å². The smallest absolute Gasteiger partial charge is 0.238 e. The van der Waals surface area contributed by atoms with Crippen LogP contribution < -0.4 is 21.1 Å². The van der Waals surface area contributed by atoms with E-state index in [9.17, 15) is 8.42 Å². The summed E-state index contributed by atoms with van der Waals surface area (Å²) in [6.07, 6.45) is 4.76. The Hall–Kier alpha value is -1.15. The van der Waals surface area contributed by atoms with E-state index in [4.69, 9.17) is 5.14 Å². The van der Waals surface area contributed by atoms with Crippen LogP contribution >= 0.6 is 0 Å². The molecule has 1 aromatic carbocycles. The van der Waals surface area contributed by atoms with Crippen molar-refractivity contribution in [2.75, 3.05) is 31.5 Å². The molecule has 7 heteroatoms. The monoisotopic (exact) mass is 326 g/mol. The molecule has 0 unspecified atom stereocenters. The number of rotatable bonds is 9. The average Bonchev–Trinajstić information content (AvgIpc) is 2.99. The number of nitrogens with two attached hydrogens (primary N) is 1. The lowest BCUT2D eigenvalue weighted by Gasteiger charge is -2.11. The van der Waals surface area contributed by atoms with Gasteiger partial charge in [-0.15, -0.1) is 0 Å². The Balaban J connectivity index is 1.54. The first kappa shape index (κ1) is 17.2. The van der Waals surface area contributed by atoms with E-state index in [0.29, 0.717) is 6.04 Å². The first-order chi connectivity index (χ1) is 10.6. The Morgan fingerprint density at radius 2 is 1.91 bits per heavy atom. The van der Waals surface area contributed by atoms with Gasteiger partial charge >= 0.3 is 0 Å². The lowest BCUT2D eigenvalue weighted by Crippen LogP contribution is -2.34. The van der Waals surface area contributed by atoms with E-state index in [0.717, 1.165) is 44.7 Å². The minimum absolute atomic E-state index is 0.141. The Morgan fingerprint density at radius 3 is 2.55 bits per heavy atom. The third-order valence-electron chi connectivity index (χ3n) is 3.85. The zero-order chi connectivity index (χ0) is 15.8. The van der Waals surface area contributed by atoms with Crippen LogP contribution in [0.4, 0.5) is 5.69 Å². The molecule has 0 radical (unpaired) electrons. The van der Waals surface area contributed by atoms with Gasteiger partial charge in [-0.05, 0) is 63.0 Å². The highest BCUT2D eigenvalue weighted by Gasteiger charge is 2.12. The van der Waals surface area contributed by atoms with Crippen molar-refractivity contribution in [3.8, 4) is 0 Å². The van der Waals surface area contributed by atoms with Gasteiger partial charge in [-0.3, -0.25) is 0 Å². The van der Waals surface area contributed by atoms with Crippen LogP contribution in [0, 0.1) is 0 Å². The van der Waals surface area contributed by atoms with E-state index in [2.05, 4.69) is 16.0 Å². The molecule has 5 N–H and O–H groups in total. The topological polar surface area (TPSA) is 96.2 Å².